The first-order valence-corrected chi connectivity index (χ1v) is 9.62. The van der Waals surface area contributed by atoms with Crippen LogP contribution in [-0.4, -0.2) is 17.7 Å². The maximum absolute atomic E-state index is 12.7. The lowest BCUT2D eigenvalue weighted by Crippen LogP contribution is -2.30. The number of carbonyl (C=O) groups excluding carboxylic acids is 3. The van der Waals surface area contributed by atoms with Crippen LogP contribution in [0.1, 0.15) is 35.7 Å². The molecule has 2 aromatic rings. The third-order valence-electron chi connectivity index (χ3n) is 5.54. The zero-order valence-corrected chi connectivity index (χ0v) is 15.7. The van der Waals surface area contributed by atoms with Crippen LogP contribution in [-0.2, 0) is 16.0 Å². The van der Waals surface area contributed by atoms with Gasteiger partial charge in [-0.15, -0.1) is 0 Å². The summed E-state index contributed by atoms with van der Waals surface area (Å²) in [6, 6.07) is 14.3. The van der Waals surface area contributed by atoms with Crippen molar-refractivity contribution in [3.05, 3.63) is 71.8 Å². The molecule has 142 valence electrons. The quantitative estimate of drug-likeness (QED) is 0.651. The van der Waals surface area contributed by atoms with E-state index in [0.29, 0.717) is 24.1 Å². The van der Waals surface area contributed by atoms with Gasteiger partial charge in [0.25, 0.3) is 5.91 Å². The molecule has 5 nitrogen and oxygen atoms in total. The molecular weight excluding hydrogens is 352 g/mol. The van der Waals surface area contributed by atoms with E-state index in [1.165, 1.54) is 4.90 Å². The molecule has 3 amide bonds. The minimum atomic E-state index is -0.258. The van der Waals surface area contributed by atoms with Gasteiger partial charge in [-0.2, -0.15) is 0 Å². The van der Waals surface area contributed by atoms with Crippen LogP contribution >= 0.6 is 0 Å². The molecule has 0 radical (unpaired) electrons. The Bertz CT molecular complexity index is 936. The highest BCUT2D eigenvalue weighted by Crippen LogP contribution is 2.37. The van der Waals surface area contributed by atoms with Crippen molar-refractivity contribution in [3.8, 4) is 0 Å². The number of allylic oxidation sites excluding steroid dienone is 2. The van der Waals surface area contributed by atoms with E-state index >= 15 is 0 Å². The first-order valence-electron chi connectivity index (χ1n) is 9.62. The maximum Gasteiger partial charge on any atom is 0.255 e. The van der Waals surface area contributed by atoms with E-state index in [1.807, 2.05) is 43.3 Å². The number of aryl methyl sites for hydroxylation is 1. The molecule has 0 unspecified atom stereocenters. The summed E-state index contributed by atoms with van der Waals surface area (Å²) in [7, 11) is 0. The second-order valence-electron chi connectivity index (χ2n) is 7.18. The van der Waals surface area contributed by atoms with Crippen molar-refractivity contribution in [2.24, 2.45) is 11.8 Å². The minimum absolute atomic E-state index is 0.145. The number of para-hydroxylation sites is 1. The Morgan fingerprint density at radius 2 is 1.57 bits per heavy atom. The van der Waals surface area contributed by atoms with E-state index in [1.54, 1.807) is 24.3 Å². The third-order valence-corrected chi connectivity index (χ3v) is 5.54. The Morgan fingerprint density at radius 1 is 0.964 bits per heavy atom. The molecule has 1 aliphatic carbocycles. The Morgan fingerprint density at radius 3 is 2.18 bits per heavy atom. The van der Waals surface area contributed by atoms with Gasteiger partial charge in [0.2, 0.25) is 11.8 Å². The molecule has 1 aliphatic heterocycles. The van der Waals surface area contributed by atoms with Gasteiger partial charge in [-0.1, -0.05) is 37.3 Å². The molecule has 5 heteroatoms. The summed E-state index contributed by atoms with van der Waals surface area (Å²) < 4.78 is 0. The number of imide groups is 1. The van der Waals surface area contributed by atoms with Crippen molar-refractivity contribution in [2.75, 3.05) is 10.2 Å². The number of hydrogen-bond donors (Lipinski definition) is 1. The zero-order chi connectivity index (χ0) is 19.7. The molecule has 28 heavy (non-hydrogen) atoms. The molecule has 2 aromatic carbocycles. The first-order chi connectivity index (χ1) is 13.6. The topological polar surface area (TPSA) is 66.5 Å². The molecular formula is C23H22N2O3. The number of nitrogens with zero attached hydrogens (tertiary/aromatic N) is 1. The van der Waals surface area contributed by atoms with Gasteiger partial charge in [0.1, 0.15) is 0 Å². The third kappa shape index (κ3) is 3.13. The van der Waals surface area contributed by atoms with Crippen LogP contribution in [0.2, 0.25) is 0 Å². The van der Waals surface area contributed by atoms with Gasteiger partial charge in [-0.25, -0.2) is 0 Å². The fourth-order valence-electron chi connectivity index (χ4n) is 3.96. The predicted molar refractivity (Wildman–Crippen MR) is 108 cm³/mol. The van der Waals surface area contributed by atoms with Gasteiger partial charge >= 0.3 is 0 Å². The number of benzene rings is 2. The average molecular weight is 374 g/mol. The molecule has 1 N–H and O–H groups in total. The Balaban J connectivity index is 1.52. The monoisotopic (exact) mass is 374 g/mol. The van der Waals surface area contributed by atoms with Gasteiger partial charge in [0, 0.05) is 11.3 Å². The summed E-state index contributed by atoms with van der Waals surface area (Å²) in [5.74, 6) is -1.02. The summed E-state index contributed by atoms with van der Waals surface area (Å²) >= 11 is 0. The van der Waals surface area contributed by atoms with Crippen molar-refractivity contribution < 1.29 is 14.4 Å². The number of fused-ring (bicyclic) bond motifs is 1. The second-order valence-corrected chi connectivity index (χ2v) is 7.18. The van der Waals surface area contributed by atoms with Crippen molar-refractivity contribution in [3.63, 3.8) is 0 Å². The lowest BCUT2D eigenvalue weighted by molar-refractivity contribution is -0.122. The number of anilines is 2. The van der Waals surface area contributed by atoms with E-state index in [2.05, 4.69) is 5.32 Å². The van der Waals surface area contributed by atoms with Crippen LogP contribution in [0.4, 0.5) is 11.4 Å². The standard InChI is InChI=1S/C23H22N2O3/c1-2-15-7-3-6-10-20(15)24-21(26)16-11-13-17(14-12-16)25-22(27)18-8-4-5-9-19(18)23(25)28/h3-7,10-14,18-19H,2,8-9H2,1H3,(H,24,26)/t18-,19+. The van der Waals surface area contributed by atoms with Crippen molar-refractivity contribution >= 4 is 29.1 Å². The van der Waals surface area contributed by atoms with Crippen LogP contribution in [0, 0.1) is 11.8 Å². The fraction of sp³-hybridized carbons (Fsp3) is 0.261. The second kappa shape index (κ2) is 7.43. The van der Waals surface area contributed by atoms with Gasteiger partial charge in [-0.05, 0) is 55.2 Å². The normalized spacial score (nSPS) is 21.0. The van der Waals surface area contributed by atoms with E-state index in [4.69, 9.17) is 0 Å². The Labute approximate surface area is 164 Å². The molecule has 0 saturated carbocycles. The molecule has 1 saturated heterocycles. The lowest BCUT2D eigenvalue weighted by Gasteiger charge is -2.15. The van der Waals surface area contributed by atoms with Crippen LogP contribution in [0.25, 0.3) is 0 Å². The molecule has 1 heterocycles. The Hall–Kier alpha value is -3.21. The highest BCUT2D eigenvalue weighted by molar-refractivity contribution is 6.22. The summed E-state index contributed by atoms with van der Waals surface area (Å²) in [4.78, 5) is 39.2. The highest BCUT2D eigenvalue weighted by Gasteiger charge is 2.47. The predicted octanol–water partition coefficient (Wildman–Crippen LogP) is 3.96. The van der Waals surface area contributed by atoms with Crippen LogP contribution in [0.5, 0.6) is 0 Å². The van der Waals surface area contributed by atoms with Crippen LogP contribution < -0.4 is 10.2 Å². The fourth-order valence-corrected chi connectivity index (χ4v) is 3.96. The van der Waals surface area contributed by atoms with Gasteiger partial charge < -0.3 is 5.32 Å². The number of carbonyl (C=O) groups is 3. The summed E-state index contributed by atoms with van der Waals surface area (Å²) in [5.41, 5.74) is 2.86. The van der Waals surface area contributed by atoms with Crippen LogP contribution in [0.15, 0.2) is 60.7 Å². The molecule has 2 aliphatic rings. The van der Waals surface area contributed by atoms with Crippen molar-refractivity contribution in [2.45, 2.75) is 26.2 Å². The van der Waals surface area contributed by atoms with E-state index in [9.17, 15) is 14.4 Å². The maximum atomic E-state index is 12.7. The minimum Gasteiger partial charge on any atom is -0.322 e. The highest BCUT2D eigenvalue weighted by atomic mass is 16.2. The summed E-state index contributed by atoms with van der Waals surface area (Å²) in [5, 5.41) is 2.93. The van der Waals surface area contributed by atoms with E-state index in [0.717, 1.165) is 17.7 Å². The van der Waals surface area contributed by atoms with Crippen LogP contribution in [0.3, 0.4) is 0 Å². The summed E-state index contributed by atoms with van der Waals surface area (Å²) in [6.07, 6.45) is 5.99. The molecule has 0 aromatic heterocycles. The first kappa shape index (κ1) is 18.2. The van der Waals surface area contributed by atoms with Crippen molar-refractivity contribution in [1.29, 1.82) is 0 Å². The average Bonchev–Trinajstić information content (AvgIpc) is 2.99. The number of nitrogens with one attached hydrogen (secondary N) is 1. The van der Waals surface area contributed by atoms with E-state index in [-0.39, 0.29) is 29.6 Å². The zero-order valence-electron chi connectivity index (χ0n) is 15.7. The smallest absolute Gasteiger partial charge is 0.255 e. The lowest BCUT2D eigenvalue weighted by atomic mass is 9.85. The number of rotatable bonds is 4. The molecule has 0 bridgehead atoms. The summed E-state index contributed by atoms with van der Waals surface area (Å²) in [6.45, 7) is 2.04. The Kier molecular flexibility index (Phi) is 4.82. The van der Waals surface area contributed by atoms with Gasteiger partial charge in [-0.3, -0.25) is 19.3 Å². The number of hydrogen-bond acceptors (Lipinski definition) is 3. The molecule has 4 rings (SSSR count). The number of amides is 3. The molecule has 0 spiro atoms. The van der Waals surface area contributed by atoms with Crippen molar-refractivity contribution in [1.82, 2.24) is 0 Å². The SMILES string of the molecule is CCc1ccccc1NC(=O)c1ccc(N2C(=O)[C@H]3CC=CC[C@H]3C2=O)cc1. The van der Waals surface area contributed by atoms with Gasteiger partial charge in [0.05, 0.1) is 17.5 Å². The molecule has 2 atom stereocenters. The van der Waals surface area contributed by atoms with E-state index < -0.39 is 0 Å². The molecule has 1 fully saturated rings. The van der Waals surface area contributed by atoms with Gasteiger partial charge in [0.15, 0.2) is 0 Å². The largest absolute Gasteiger partial charge is 0.322 e.